The second-order valence-corrected chi connectivity index (χ2v) is 3.71. The highest BCUT2D eigenvalue weighted by Gasteiger charge is 2.27. The van der Waals surface area contributed by atoms with Crippen molar-refractivity contribution in [1.29, 1.82) is 0 Å². The van der Waals surface area contributed by atoms with Gasteiger partial charge < -0.3 is 15.7 Å². The lowest BCUT2D eigenvalue weighted by Crippen LogP contribution is -2.27. The van der Waals surface area contributed by atoms with Gasteiger partial charge in [-0.2, -0.15) is 5.10 Å². The Morgan fingerprint density at radius 3 is 3.00 bits per heavy atom. The number of aromatic nitrogens is 1. The molecule has 0 bridgehead atoms. The van der Waals surface area contributed by atoms with E-state index in [4.69, 9.17) is 5.73 Å². The summed E-state index contributed by atoms with van der Waals surface area (Å²) in [6.45, 7) is 0. The molecule has 0 saturated heterocycles. The minimum Gasteiger partial charge on any atom is -0.382 e. The number of amidine groups is 1. The van der Waals surface area contributed by atoms with E-state index < -0.39 is 0 Å². The molecule has 0 fully saturated rings. The van der Waals surface area contributed by atoms with Crippen molar-refractivity contribution in [1.82, 2.24) is 9.99 Å². The van der Waals surface area contributed by atoms with E-state index in [1.807, 2.05) is 24.5 Å². The highest BCUT2D eigenvalue weighted by Crippen LogP contribution is 2.26. The van der Waals surface area contributed by atoms with Gasteiger partial charge in [0.25, 0.3) is 0 Å². The summed E-state index contributed by atoms with van der Waals surface area (Å²) in [5.41, 5.74) is 11.1. The van der Waals surface area contributed by atoms with E-state index >= 15 is 0 Å². The molecule has 15 heavy (non-hydrogen) atoms. The van der Waals surface area contributed by atoms with Crippen molar-refractivity contribution < 1.29 is 0 Å². The standard InChI is InChI=1S/C11H12N4/c12-11-10-8(13-14-11)4-3-5-9(10)15-6-1-2-7-15/h1-3,5-8,13H,4H2,(H2,12,14). The number of nitrogens with zero attached hydrogens (tertiary/aromatic N) is 2. The van der Waals surface area contributed by atoms with Crippen molar-refractivity contribution in [3.63, 3.8) is 0 Å². The number of fused-ring (bicyclic) bond motifs is 1. The summed E-state index contributed by atoms with van der Waals surface area (Å²) in [5, 5.41) is 4.07. The zero-order chi connectivity index (χ0) is 10.3. The van der Waals surface area contributed by atoms with E-state index in [9.17, 15) is 0 Å². The molecule has 1 aliphatic carbocycles. The molecule has 1 aliphatic heterocycles. The Bertz CT molecular complexity index is 465. The zero-order valence-electron chi connectivity index (χ0n) is 8.22. The van der Waals surface area contributed by atoms with E-state index in [1.165, 1.54) is 0 Å². The molecule has 0 spiro atoms. The van der Waals surface area contributed by atoms with Gasteiger partial charge in [-0.05, 0) is 24.6 Å². The third-order valence-electron chi connectivity index (χ3n) is 2.77. The third-order valence-corrected chi connectivity index (χ3v) is 2.77. The molecule has 76 valence electrons. The predicted molar refractivity (Wildman–Crippen MR) is 60.0 cm³/mol. The molecule has 0 radical (unpaired) electrons. The van der Waals surface area contributed by atoms with Gasteiger partial charge in [0.1, 0.15) is 0 Å². The smallest absolute Gasteiger partial charge is 0.150 e. The summed E-state index contributed by atoms with van der Waals surface area (Å²) >= 11 is 0. The lowest BCUT2D eigenvalue weighted by Gasteiger charge is -2.18. The fourth-order valence-electron chi connectivity index (χ4n) is 2.06. The molecule has 1 atom stereocenters. The SMILES string of the molecule is NC1=NNC2CC=CC(n3cccc3)=C12. The maximum atomic E-state index is 5.87. The van der Waals surface area contributed by atoms with Crippen molar-refractivity contribution >= 4 is 11.5 Å². The van der Waals surface area contributed by atoms with Gasteiger partial charge in [-0.25, -0.2) is 0 Å². The molecule has 2 aliphatic rings. The first-order valence-corrected chi connectivity index (χ1v) is 4.99. The summed E-state index contributed by atoms with van der Waals surface area (Å²) in [6.07, 6.45) is 9.22. The van der Waals surface area contributed by atoms with Crippen LogP contribution in [-0.2, 0) is 0 Å². The topological polar surface area (TPSA) is 55.3 Å². The number of hydrazone groups is 1. The molecule has 0 aromatic carbocycles. The fourth-order valence-corrected chi connectivity index (χ4v) is 2.06. The van der Waals surface area contributed by atoms with E-state index in [0.29, 0.717) is 5.84 Å². The fraction of sp³-hybridized carbons (Fsp3) is 0.182. The summed E-state index contributed by atoms with van der Waals surface area (Å²) in [5.74, 6) is 0.605. The van der Waals surface area contributed by atoms with Crippen molar-refractivity contribution in [3.8, 4) is 0 Å². The lowest BCUT2D eigenvalue weighted by molar-refractivity contribution is 0.642. The van der Waals surface area contributed by atoms with Crippen LogP contribution in [0.5, 0.6) is 0 Å². The Hall–Kier alpha value is -1.97. The maximum absolute atomic E-state index is 5.87. The van der Waals surface area contributed by atoms with Crippen molar-refractivity contribution in [2.24, 2.45) is 10.8 Å². The van der Waals surface area contributed by atoms with E-state index in [1.54, 1.807) is 0 Å². The molecular formula is C11H12N4. The number of nitrogens with two attached hydrogens (primary N) is 1. The van der Waals surface area contributed by atoms with Crippen LogP contribution in [0.1, 0.15) is 6.42 Å². The number of hydrogen-bond donors (Lipinski definition) is 2. The summed E-state index contributed by atoms with van der Waals surface area (Å²) in [6, 6.07) is 4.24. The van der Waals surface area contributed by atoms with Crippen LogP contribution in [0.25, 0.3) is 5.70 Å². The highest BCUT2D eigenvalue weighted by molar-refractivity contribution is 6.05. The Morgan fingerprint density at radius 2 is 2.20 bits per heavy atom. The number of hydrogen-bond acceptors (Lipinski definition) is 3. The average Bonchev–Trinajstić information content (AvgIpc) is 2.88. The molecule has 1 unspecified atom stereocenters. The van der Waals surface area contributed by atoms with Crippen LogP contribution in [0.3, 0.4) is 0 Å². The number of allylic oxidation sites excluding steroid dienone is 2. The predicted octanol–water partition coefficient (Wildman–Crippen LogP) is 0.903. The van der Waals surface area contributed by atoms with Crippen molar-refractivity contribution in [3.05, 3.63) is 42.3 Å². The Kier molecular flexibility index (Phi) is 1.68. The van der Waals surface area contributed by atoms with Crippen LogP contribution in [0.4, 0.5) is 0 Å². The molecule has 3 N–H and O–H groups in total. The molecule has 0 amide bonds. The number of rotatable bonds is 1. The first-order chi connectivity index (χ1) is 7.36. The van der Waals surface area contributed by atoms with Crippen LogP contribution in [0.15, 0.2) is 47.4 Å². The Balaban J connectivity index is 2.16. The molecule has 1 aromatic heterocycles. The van der Waals surface area contributed by atoms with Crippen LogP contribution < -0.4 is 11.2 Å². The minimum absolute atomic E-state index is 0.243. The van der Waals surface area contributed by atoms with Crippen LogP contribution in [0.2, 0.25) is 0 Å². The van der Waals surface area contributed by atoms with Crippen molar-refractivity contribution in [2.45, 2.75) is 12.5 Å². The zero-order valence-corrected chi connectivity index (χ0v) is 8.22. The quantitative estimate of drug-likeness (QED) is 0.707. The van der Waals surface area contributed by atoms with E-state index in [0.717, 1.165) is 17.7 Å². The lowest BCUT2D eigenvalue weighted by atomic mass is 9.97. The second kappa shape index (κ2) is 3.02. The summed E-state index contributed by atoms with van der Waals surface area (Å²) < 4.78 is 2.06. The first kappa shape index (κ1) is 8.35. The maximum Gasteiger partial charge on any atom is 0.150 e. The van der Waals surface area contributed by atoms with Crippen LogP contribution in [0, 0.1) is 0 Å². The van der Waals surface area contributed by atoms with Gasteiger partial charge in [-0.1, -0.05) is 6.08 Å². The molecule has 1 aromatic rings. The average molecular weight is 200 g/mol. The van der Waals surface area contributed by atoms with E-state index in [2.05, 4.69) is 27.2 Å². The summed E-state index contributed by atoms with van der Waals surface area (Å²) in [7, 11) is 0. The Labute approximate surface area is 87.8 Å². The molecule has 0 saturated carbocycles. The van der Waals surface area contributed by atoms with Gasteiger partial charge in [0.2, 0.25) is 0 Å². The third kappa shape index (κ3) is 1.18. The highest BCUT2D eigenvalue weighted by atomic mass is 15.4. The molecule has 4 nitrogen and oxygen atoms in total. The monoisotopic (exact) mass is 200 g/mol. The van der Waals surface area contributed by atoms with Gasteiger partial charge >= 0.3 is 0 Å². The van der Waals surface area contributed by atoms with E-state index in [-0.39, 0.29) is 6.04 Å². The largest absolute Gasteiger partial charge is 0.382 e. The number of nitrogens with one attached hydrogen (secondary N) is 1. The first-order valence-electron chi connectivity index (χ1n) is 4.99. The molecular weight excluding hydrogens is 188 g/mol. The second-order valence-electron chi connectivity index (χ2n) is 3.71. The van der Waals surface area contributed by atoms with Gasteiger partial charge in [0.15, 0.2) is 5.84 Å². The van der Waals surface area contributed by atoms with Gasteiger partial charge in [-0.15, -0.1) is 0 Å². The van der Waals surface area contributed by atoms with Crippen LogP contribution >= 0.6 is 0 Å². The van der Waals surface area contributed by atoms with Gasteiger partial charge in [0.05, 0.1) is 11.7 Å². The Morgan fingerprint density at radius 1 is 1.40 bits per heavy atom. The molecule has 2 heterocycles. The van der Waals surface area contributed by atoms with Gasteiger partial charge in [0, 0.05) is 18.0 Å². The van der Waals surface area contributed by atoms with Gasteiger partial charge in [-0.3, -0.25) is 0 Å². The normalized spacial score (nSPS) is 23.7. The molecule has 4 heteroatoms. The summed E-state index contributed by atoms with van der Waals surface area (Å²) in [4.78, 5) is 0. The van der Waals surface area contributed by atoms with Crippen LogP contribution in [-0.4, -0.2) is 16.4 Å². The van der Waals surface area contributed by atoms with Crippen molar-refractivity contribution in [2.75, 3.05) is 0 Å². The molecule has 3 rings (SSSR count). The minimum atomic E-state index is 0.243.